The average Bonchev–Trinajstić information content (AvgIpc) is 2.95. The number of hydrogen-bond donors (Lipinski definition) is 0. The lowest BCUT2D eigenvalue weighted by Crippen LogP contribution is -2.18. The van der Waals surface area contributed by atoms with Gasteiger partial charge in [-0.3, -0.25) is 14.9 Å². The normalized spacial score (nSPS) is 14.0. The number of benzene rings is 2. The number of fused-ring (bicyclic) bond motifs is 1. The first kappa shape index (κ1) is 19.1. The quantitative estimate of drug-likeness (QED) is 0.325. The first-order chi connectivity index (χ1) is 13.3. The van der Waals surface area contributed by atoms with Crippen molar-refractivity contribution in [1.29, 1.82) is 0 Å². The lowest BCUT2D eigenvalue weighted by molar-refractivity contribution is -0.384. The summed E-state index contributed by atoms with van der Waals surface area (Å²) in [5, 5.41) is 10.9. The lowest BCUT2D eigenvalue weighted by atomic mass is 10.1. The summed E-state index contributed by atoms with van der Waals surface area (Å²) in [7, 11) is 0. The molecule has 0 radical (unpaired) electrons. The Balaban J connectivity index is 1.75. The number of ether oxygens (including phenoxy) is 3. The molecule has 0 N–H and O–H groups in total. The van der Waals surface area contributed by atoms with Crippen molar-refractivity contribution in [3.8, 4) is 11.5 Å². The van der Waals surface area contributed by atoms with Crippen molar-refractivity contribution in [2.75, 3.05) is 6.61 Å². The van der Waals surface area contributed by atoms with Gasteiger partial charge in [0.15, 0.2) is 12.4 Å². The largest absolute Gasteiger partial charge is 0.482 e. The van der Waals surface area contributed by atoms with Crippen molar-refractivity contribution in [1.82, 2.24) is 0 Å². The highest BCUT2D eigenvalue weighted by Gasteiger charge is 2.28. The number of nitro benzene ring substituents is 1. The average molecular weight is 383 g/mol. The Morgan fingerprint density at radius 2 is 2.04 bits per heavy atom. The zero-order valence-corrected chi connectivity index (χ0v) is 15.2. The van der Waals surface area contributed by atoms with Crippen molar-refractivity contribution in [3.63, 3.8) is 0 Å². The van der Waals surface area contributed by atoms with Gasteiger partial charge in [0.1, 0.15) is 11.5 Å². The van der Waals surface area contributed by atoms with E-state index in [1.807, 2.05) is 0 Å². The van der Waals surface area contributed by atoms with Crippen LogP contribution in [0.15, 0.2) is 48.2 Å². The van der Waals surface area contributed by atoms with E-state index in [4.69, 9.17) is 14.2 Å². The van der Waals surface area contributed by atoms with E-state index in [0.717, 1.165) is 0 Å². The van der Waals surface area contributed by atoms with E-state index >= 15 is 0 Å². The fraction of sp³-hybridized carbons (Fsp3) is 0.200. The minimum atomic E-state index is -0.512. The third-order valence-electron chi connectivity index (χ3n) is 3.74. The molecule has 0 atom stereocenters. The van der Waals surface area contributed by atoms with E-state index < -0.39 is 10.9 Å². The number of nitrogens with zero attached hydrogens (tertiary/aromatic N) is 1. The second-order valence-corrected chi connectivity index (χ2v) is 6.28. The Hall–Kier alpha value is -3.68. The van der Waals surface area contributed by atoms with Gasteiger partial charge < -0.3 is 14.2 Å². The highest BCUT2D eigenvalue weighted by molar-refractivity contribution is 6.14. The Labute approximate surface area is 160 Å². The van der Waals surface area contributed by atoms with Crippen LogP contribution in [0.2, 0.25) is 0 Å². The Kier molecular flexibility index (Phi) is 5.39. The minimum Gasteiger partial charge on any atom is -0.482 e. The molecule has 28 heavy (non-hydrogen) atoms. The van der Waals surface area contributed by atoms with Gasteiger partial charge in [-0.15, -0.1) is 0 Å². The van der Waals surface area contributed by atoms with E-state index in [0.29, 0.717) is 16.9 Å². The molecule has 2 aromatic carbocycles. The van der Waals surface area contributed by atoms with Crippen molar-refractivity contribution >= 4 is 23.5 Å². The van der Waals surface area contributed by atoms with Crippen molar-refractivity contribution in [2.24, 2.45) is 0 Å². The molecular formula is C20H17NO7. The molecule has 8 nitrogen and oxygen atoms in total. The predicted molar refractivity (Wildman–Crippen MR) is 99.2 cm³/mol. The standard InChI is InChI=1S/C20H17NO7/c1-12(2)27-19(22)11-26-15-6-7-16-17(10-15)28-18(20(16)23)9-13-4-3-5-14(8-13)21(24)25/h3-10,12H,11H2,1-2H3. The molecule has 0 saturated heterocycles. The van der Waals surface area contributed by atoms with Gasteiger partial charge >= 0.3 is 5.97 Å². The van der Waals surface area contributed by atoms with Gasteiger partial charge in [-0.05, 0) is 37.6 Å². The Morgan fingerprint density at radius 3 is 2.75 bits per heavy atom. The van der Waals surface area contributed by atoms with Crippen LogP contribution in [0.5, 0.6) is 11.5 Å². The van der Waals surface area contributed by atoms with Crippen molar-refractivity contribution in [3.05, 3.63) is 69.5 Å². The third-order valence-corrected chi connectivity index (χ3v) is 3.74. The predicted octanol–water partition coefficient (Wildman–Crippen LogP) is 3.54. The number of Topliss-reactive ketones (excluding diaryl/α,β-unsaturated/α-hetero) is 1. The smallest absolute Gasteiger partial charge is 0.344 e. The summed E-state index contributed by atoms with van der Waals surface area (Å²) in [5.41, 5.74) is 0.730. The number of rotatable bonds is 6. The van der Waals surface area contributed by atoms with Crippen molar-refractivity contribution < 1.29 is 28.7 Å². The second-order valence-electron chi connectivity index (χ2n) is 6.28. The molecule has 0 fully saturated rings. The summed E-state index contributed by atoms with van der Waals surface area (Å²) in [6.45, 7) is 3.21. The lowest BCUT2D eigenvalue weighted by Gasteiger charge is -2.09. The number of hydrogen-bond acceptors (Lipinski definition) is 7. The van der Waals surface area contributed by atoms with Gasteiger partial charge in [-0.2, -0.15) is 0 Å². The summed E-state index contributed by atoms with van der Waals surface area (Å²) in [4.78, 5) is 34.4. The SMILES string of the molecule is CC(C)OC(=O)COc1ccc2c(c1)OC(=Cc1cccc([N+](=O)[O-])c1)C2=O. The van der Waals surface area contributed by atoms with E-state index in [2.05, 4.69) is 0 Å². The van der Waals surface area contributed by atoms with E-state index in [1.54, 1.807) is 26.0 Å². The Morgan fingerprint density at radius 1 is 1.25 bits per heavy atom. The van der Waals surface area contributed by atoms with Gasteiger partial charge in [-0.25, -0.2) is 4.79 Å². The molecule has 3 rings (SSSR count). The maximum Gasteiger partial charge on any atom is 0.344 e. The monoisotopic (exact) mass is 383 g/mol. The second kappa shape index (κ2) is 7.91. The highest BCUT2D eigenvalue weighted by Crippen LogP contribution is 2.35. The molecule has 0 amide bonds. The first-order valence-electron chi connectivity index (χ1n) is 8.48. The summed E-state index contributed by atoms with van der Waals surface area (Å²) < 4.78 is 15.9. The minimum absolute atomic E-state index is 0.0480. The number of ketones is 1. The highest BCUT2D eigenvalue weighted by atomic mass is 16.6. The molecule has 1 aliphatic heterocycles. The van der Waals surface area contributed by atoms with Crippen LogP contribution in [0.1, 0.15) is 29.8 Å². The Bertz CT molecular complexity index is 978. The zero-order valence-electron chi connectivity index (χ0n) is 15.2. The summed E-state index contributed by atoms with van der Waals surface area (Å²) in [6.07, 6.45) is 1.20. The molecule has 0 bridgehead atoms. The van der Waals surface area contributed by atoms with E-state index in [1.165, 1.54) is 36.4 Å². The fourth-order valence-corrected chi connectivity index (χ4v) is 2.58. The number of carbonyl (C=O) groups excluding carboxylic acids is 2. The molecule has 8 heteroatoms. The zero-order chi connectivity index (χ0) is 20.3. The third kappa shape index (κ3) is 4.35. The van der Waals surface area contributed by atoms with Crippen LogP contribution in [0.4, 0.5) is 5.69 Å². The molecule has 0 spiro atoms. The van der Waals surface area contributed by atoms with Crippen molar-refractivity contribution in [2.45, 2.75) is 20.0 Å². The molecule has 0 aromatic heterocycles. The van der Waals surface area contributed by atoms with Crippen LogP contribution in [-0.2, 0) is 9.53 Å². The number of non-ortho nitro benzene ring substituents is 1. The molecule has 0 aliphatic carbocycles. The fourth-order valence-electron chi connectivity index (χ4n) is 2.58. The summed E-state index contributed by atoms with van der Waals surface area (Å²) in [6, 6.07) is 10.5. The van der Waals surface area contributed by atoms with Gasteiger partial charge in [-0.1, -0.05) is 12.1 Å². The number of nitro groups is 1. The molecule has 144 valence electrons. The van der Waals surface area contributed by atoms with E-state index in [9.17, 15) is 19.7 Å². The van der Waals surface area contributed by atoms with Gasteiger partial charge in [0.05, 0.1) is 16.6 Å². The topological polar surface area (TPSA) is 105 Å². The molecule has 0 saturated carbocycles. The van der Waals surface area contributed by atoms with Crippen LogP contribution in [-0.4, -0.2) is 29.4 Å². The van der Waals surface area contributed by atoms with Crippen LogP contribution in [0.25, 0.3) is 6.08 Å². The maximum absolute atomic E-state index is 12.5. The van der Waals surface area contributed by atoms with Gasteiger partial charge in [0.2, 0.25) is 5.78 Å². The first-order valence-corrected chi connectivity index (χ1v) is 8.48. The van der Waals surface area contributed by atoms with E-state index in [-0.39, 0.29) is 35.7 Å². The molecule has 1 aliphatic rings. The number of carbonyl (C=O) groups is 2. The number of allylic oxidation sites excluding steroid dienone is 1. The van der Waals surface area contributed by atoms with Crippen LogP contribution < -0.4 is 9.47 Å². The van der Waals surface area contributed by atoms with Crippen LogP contribution in [0.3, 0.4) is 0 Å². The summed E-state index contributed by atoms with van der Waals surface area (Å²) >= 11 is 0. The maximum atomic E-state index is 12.5. The molecule has 1 heterocycles. The molecular weight excluding hydrogens is 366 g/mol. The van der Waals surface area contributed by atoms with Crippen LogP contribution >= 0.6 is 0 Å². The van der Waals surface area contributed by atoms with Gasteiger partial charge in [0, 0.05) is 18.2 Å². The number of esters is 1. The van der Waals surface area contributed by atoms with Crippen LogP contribution in [0, 0.1) is 10.1 Å². The summed E-state index contributed by atoms with van der Waals surface area (Å²) in [5.74, 6) is -0.154. The van der Waals surface area contributed by atoms with Gasteiger partial charge in [0.25, 0.3) is 5.69 Å². The molecule has 2 aromatic rings. The molecule has 0 unspecified atom stereocenters.